The lowest BCUT2D eigenvalue weighted by Crippen LogP contribution is -2.22. The Hall–Kier alpha value is -3.43. The number of hydrogen-bond acceptors (Lipinski definition) is 7. The predicted octanol–water partition coefficient (Wildman–Crippen LogP) is 6.43. The van der Waals surface area contributed by atoms with E-state index in [1.807, 2.05) is 32.9 Å². The summed E-state index contributed by atoms with van der Waals surface area (Å²) in [5, 5.41) is 0. The van der Waals surface area contributed by atoms with Gasteiger partial charge in [0.05, 0.1) is 24.0 Å². The Morgan fingerprint density at radius 3 is 2.56 bits per heavy atom. The molecular weight excluding hydrogens is 521 g/mol. The zero-order valence-electron chi connectivity index (χ0n) is 22.7. The van der Waals surface area contributed by atoms with E-state index in [1.165, 1.54) is 19.2 Å². The van der Waals surface area contributed by atoms with Gasteiger partial charge >= 0.3 is 5.97 Å². The van der Waals surface area contributed by atoms with Gasteiger partial charge in [0, 0.05) is 17.7 Å². The summed E-state index contributed by atoms with van der Waals surface area (Å²) in [4.78, 5) is 15.2. The van der Waals surface area contributed by atoms with Gasteiger partial charge in [-0.2, -0.15) is 0 Å². The van der Waals surface area contributed by atoms with Crippen LogP contribution >= 0.6 is 0 Å². The van der Waals surface area contributed by atoms with Crippen LogP contribution < -0.4 is 4.74 Å². The number of nitrogens with zero attached hydrogens (tertiary/aromatic N) is 1. The second-order valence-corrected chi connectivity index (χ2v) is 11.3. The smallest absolute Gasteiger partial charge is 0.341 e. The number of ether oxygens (including phenoxy) is 2. The monoisotopic (exact) mass is 555 g/mol. The van der Waals surface area contributed by atoms with Gasteiger partial charge in [0.15, 0.2) is 21.7 Å². The highest BCUT2D eigenvalue weighted by molar-refractivity contribution is 7.90. The summed E-state index contributed by atoms with van der Waals surface area (Å²) in [7, 11) is -2.76. The molecule has 0 spiro atoms. The van der Waals surface area contributed by atoms with E-state index < -0.39 is 33.5 Å². The third-order valence-electron chi connectivity index (χ3n) is 6.93. The van der Waals surface area contributed by atoms with E-state index in [9.17, 15) is 17.6 Å². The minimum absolute atomic E-state index is 0.0184. The second-order valence-electron chi connectivity index (χ2n) is 9.39. The standard InChI is InChI=1S/C30H34FNO6S/c1-5-9-25-28-24(15-17-37-28)23-13-11-21(27(29(23)38-25)30(33)36-4)19-39(34,35)26-14-12-22(31)18-20(26)10-8-16-32(6-2)7-3/h8,10-15,17-18,25H,5-7,9,16,19H2,1-4H3/b10-8-. The molecule has 1 aromatic heterocycles. The maximum atomic E-state index is 14.2. The SMILES string of the molecule is CCCC1Oc2c(ccc(CS(=O)(=O)c3ccc(F)cc3/C=C\CN(CC)CC)c2C(=O)OC)-c2ccoc21. The first kappa shape index (κ1) is 28.6. The van der Waals surface area contributed by atoms with Gasteiger partial charge in [-0.3, -0.25) is 0 Å². The summed E-state index contributed by atoms with van der Waals surface area (Å²) in [6.07, 6.45) is 6.08. The van der Waals surface area contributed by atoms with Gasteiger partial charge in [-0.1, -0.05) is 51.5 Å². The molecule has 1 unspecified atom stereocenters. The number of hydrogen-bond donors (Lipinski definition) is 0. The summed E-state index contributed by atoms with van der Waals surface area (Å²) < 4.78 is 58.6. The van der Waals surface area contributed by atoms with Crippen molar-refractivity contribution in [2.24, 2.45) is 0 Å². The summed E-state index contributed by atoms with van der Waals surface area (Å²) in [6.45, 7) is 8.37. The first-order valence-electron chi connectivity index (χ1n) is 13.1. The van der Waals surface area contributed by atoms with Gasteiger partial charge in [0.2, 0.25) is 0 Å². The summed E-state index contributed by atoms with van der Waals surface area (Å²) in [6, 6.07) is 8.75. The summed E-state index contributed by atoms with van der Waals surface area (Å²) >= 11 is 0. The molecule has 2 aromatic carbocycles. The Labute approximate surface area is 229 Å². The van der Waals surface area contributed by atoms with Crippen LogP contribution in [-0.4, -0.2) is 46.0 Å². The van der Waals surface area contributed by atoms with Gasteiger partial charge in [-0.15, -0.1) is 0 Å². The number of rotatable bonds is 11. The lowest BCUT2D eigenvalue weighted by Gasteiger charge is -2.27. The molecule has 0 saturated heterocycles. The van der Waals surface area contributed by atoms with Crippen LogP contribution in [0.5, 0.6) is 5.75 Å². The molecule has 2 heterocycles. The first-order valence-corrected chi connectivity index (χ1v) is 14.8. The van der Waals surface area contributed by atoms with E-state index in [0.29, 0.717) is 24.3 Å². The Morgan fingerprint density at radius 1 is 1.10 bits per heavy atom. The lowest BCUT2D eigenvalue weighted by molar-refractivity contribution is 0.0589. The predicted molar refractivity (Wildman–Crippen MR) is 148 cm³/mol. The summed E-state index contributed by atoms with van der Waals surface area (Å²) in [5.41, 5.74) is 1.99. The van der Waals surface area contributed by atoms with Gasteiger partial charge in [-0.25, -0.2) is 17.6 Å². The fourth-order valence-corrected chi connectivity index (χ4v) is 6.44. The van der Waals surface area contributed by atoms with Crippen molar-refractivity contribution in [3.63, 3.8) is 0 Å². The van der Waals surface area contributed by atoms with Crippen molar-refractivity contribution in [2.45, 2.75) is 50.4 Å². The quantitative estimate of drug-likeness (QED) is 0.199. The molecule has 1 aliphatic heterocycles. The highest BCUT2D eigenvalue weighted by Crippen LogP contribution is 2.47. The maximum absolute atomic E-state index is 14.2. The van der Waals surface area contributed by atoms with Crippen molar-refractivity contribution in [2.75, 3.05) is 26.7 Å². The molecule has 0 aliphatic carbocycles. The van der Waals surface area contributed by atoms with Crippen molar-refractivity contribution in [3.05, 3.63) is 77.0 Å². The number of carbonyl (C=O) groups excluding carboxylic acids is 1. The maximum Gasteiger partial charge on any atom is 0.341 e. The van der Waals surface area contributed by atoms with Crippen LogP contribution in [0.25, 0.3) is 17.2 Å². The number of esters is 1. The number of furan rings is 1. The number of methoxy groups -OCH3 is 1. The molecule has 7 nitrogen and oxygen atoms in total. The number of carbonyl (C=O) groups is 1. The Balaban J connectivity index is 1.76. The topological polar surface area (TPSA) is 86.1 Å². The lowest BCUT2D eigenvalue weighted by atomic mass is 9.93. The Bertz CT molecular complexity index is 1470. The van der Waals surface area contributed by atoms with Crippen LogP contribution in [0.4, 0.5) is 4.39 Å². The molecule has 0 amide bonds. The zero-order chi connectivity index (χ0) is 28.2. The molecule has 0 N–H and O–H groups in total. The first-order chi connectivity index (χ1) is 18.7. The average Bonchev–Trinajstić information content (AvgIpc) is 3.41. The van der Waals surface area contributed by atoms with Gasteiger partial charge in [0.1, 0.15) is 17.1 Å². The number of halogens is 1. The molecule has 0 saturated carbocycles. The molecule has 3 aromatic rings. The minimum Gasteiger partial charge on any atom is -0.481 e. The van der Waals surface area contributed by atoms with E-state index in [2.05, 4.69) is 4.90 Å². The molecule has 208 valence electrons. The van der Waals surface area contributed by atoms with Crippen LogP contribution in [0.1, 0.15) is 67.0 Å². The molecule has 0 fully saturated rings. The molecule has 9 heteroatoms. The number of sulfone groups is 1. The Morgan fingerprint density at radius 2 is 1.87 bits per heavy atom. The van der Waals surface area contributed by atoms with E-state index in [1.54, 1.807) is 24.5 Å². The van der Waals surface area contributed by atoms with Gasteiger partial charge in [-0.05, 0) is 54.9 Å². The van der Waals surface area contributed by atoms with Crippen LogP contribution in [0.3, 0.4) is 0 Å². The van der Waals surface area contributed by atoms with Gasteiger partial charge in [0.25, 0.3) is 0 Å². The van der Waals surface area contributed by atoms with Crippen molar-refractivity contribution in [3.8, 4) is 16.9 Å². The molecule has 4 rings (SSSR count). The van der Waals surface area contributed by atoms with Gasteiger partial charge < -0.3 is 18.8 Å². The molecular formula is C30H34FNO6S. The van der Waals surface area contributed by atoms with Crippen LogP contribution in [0.15, 0.2) is 58.1 Å². The second kappa shape index (κ2) is 12.2. The highest BCUT2D eigenvalue weighted by atomic mass is 32.2. The van der Waals surface area contributed by atoms with E-state index in [4.69, 9.17) is 13.9 Å². The minimum atomic E-state index is -4.00. The van der Waals surface area contributed by atoms with E-state index >= 15 is 0 Å². The Kier molecular flexibility index (Phi) is 8.92. The van der Waals surface area contributed by atoms with Crippen LogP contribution in [-0.2, 0) is 20.3 Å². The van der Waals surface area contributed by atoms with Crippen molar-refractivity contribution in [1.29, 1.82) is 0 Å². The summed E-state index contributed by atoms with van der Waals surface area (Å²) in [5.74, 6) is -0.773. The third-order valence-corrected chi connectivity index (χ3v) is 8.66. The largest absolute Gasteiger partial charge is 0.481 e. The molecule has 39 heavy (non-hydrogen) atoms. The van der Waals surface area contributed by atoms with Crippen molar-refractivity contribution < 1.29 is 31.5 Å². The van der Waals surface area contributed by atoms with Crippen LogP contribution in [0, 0.1) is 5.82 Å². The molecule has 0 bridgehead atoms. The molecule has 1 atom stereocenters. The number of benzene rings is 2. The number of likely N-dealkylation sites (N-methyl/N-ethyl adjacent to an activating group) is 1. The highest BCUT2D eigenvalue weighted by Gasteiger charge is 2.34. The zero-order valence-corrected chi connectivity index (χ0v) is 23.5. The van der Waals surface area contributed by atoms with Crippen molar-refractivity contribution in [1.82, 2.24) is 4.90 Å². The van der Waals surface area contributed by atoms with Crippen molar-refractivity contribution >= 4 is 21.9 Å². The average molecular weight is 556 g/mol. The fourth-order valence-electron chi connectivity index (χ4n) is 4.87. The van der Waals surface area contributed by atoms with Crippen LogP contribution in [0.2, 0.25) is 0 Å². The fraction of sp³-hybridized carbons (Fsp3) is 0.367. The van der Waals surface area contributed by atoms with E-state index in [-0.39, 0.29) is 27.3 Å². The molecule has 1 aliphatic rings. The third kappa shape index (κ3) is 5.94. The number of fused-ring (bicyclic) bond motifs is 3. The normalized spacial score (nSPS) is 14.8. The van der Waals surface area contributed by atoms with E-state index in [0.717, 1.165) is 31.1 Å². The molecule has 0 radical (unpaired) electrons.